The molecular weight excluding hydrogens is 376 g/mol. The van der Waals surface area contributed by atoms with Crippen LogP contribution in [-0.4, -0.2) is 33.0 Å². The van der Waals surface area contributed by atoms with Crippen LogP contribution in [0, 0.1) is 0 Å². The van der Waals surface area contributed by atoms with Crippen LogP contribution in [0.3, 0.4) is 0 Å². The van der Waals surface area contributed by atoms with E-state index < -0.39 is 5.25 Å². The summed E-state index contributed by atoms with van der Waals surface area (Å²) in [4.78, 5) is 24.0. The van der Waals surface area contributed by atoms with Crippen LogP contribution in [0.4, 0.5) is 0 Å². The molecule has 9 heteroatoms. The normalized spacial score (nSPS) is 11.6. The molecule has 2 aromatic rings. The maximum Gasteiger partial charge on any atom is 0.269 e. The van der Waals surface area contributed by atoms with E-state index in [-0.39, 0.29) is 11.8 Å². The highest BCUT2D eigenvalue weighted by molar-refractivity contribution is 8.04. The molecule has 0 aliphatic carbocycles. The number of hydrogen-bond donors (Lipinski definition) is 2. The van der Waals surface area contributed by atoms with E-state index >= 15 is 0 Å². The van der Waals surface area contributed by atoms with Crippen LogP contribution in [0.1, 0.15) is 24.2 Å². The summed E-state index contributed by atoms with van der Waals surface area (Å²) < 4.78 is 1.55. The van der Waals surface area contributed by atoms with Crippen molar-refractivity contribution in [3.05, 3.63) is 48.0 Å². The second-order valence-corrected chi connectivity index (χ2v) is 8.94. The van der Waals surface area contributed by atoms with Gasteiger partial charge in [-0.25, -0.2) is 0 Å². The predicted molar refractivity (Wildman–Crippen MR) is 103 cm³/mol. The van der Waals surface area contributed by atoms with Crippen molar-refractivity contribution in [3.8, 4) is 0 Å². The van der Waals surface area contributed by atoms with Crippen molar-refractivity contribution < 1.29 is 9.59 Å². The minimum Gasteiger partial charge on any atom is -0.272 e. The van der Waals surface area contributed by atoms with Gasteiger partial charge in [-0.1, -0.05) is 65.2 Å². The van der Waals surface area contributed by atoms with E-state index in [1.807, 2.05) is 13.0 Å². The molecule has 2 N–H and O–H groups in total. The third-order valence-corrected chi connectivity index (χ3v) is 6.28. The Morgan fingerprint density at radius 3 is 2.56 bits per heavy atom. The maximum absolute atomic E-state index is 12.1. The van der Waals surface area contributed by atoms with Crippen LogP contribution >= 0.6 is 34.9 Å². The standard InChI is InChI=1S/C16H18N4O2S3/c1-10(2)9-23-15-19-20-16(25-15)24-11(3)13(21)17-18-14(22)12-7-5-4-6-8-12/h4-8,11H,1,9H2,2-3H3,(H,17,21)(H,18,22)/t11-/m0/s1. The fraction of sp³-hybridized carbons (Fsp3) is 0.250. The van der Waals surface area contributed by atoms with E-state index in [1.54, 1.807) is 43.0 Å². The van der Waals surface area contributed by atoms with Crippen molar-refractivity contribution in [2.45, 2.75) is 27.8 Å². The van der Waals surface area contributed by atoms with Gasteiger partial charge in [-0.3, -0.25) is 20.4 Å². The summed E-state index contributed by atoms with van der Waals surface area (Å²) in [6.45, 7) is 7.55. The molecule has 0 saturated heterocycles. The molecule has 2 rings (SSSR count). The SMILES string of the molecule is C=C(C)CSc1nnc(S[C@@H](C)C(=O)NNC(=O)c2ccccc2)s1. The quantitative estimate of drug-likeness (QED) is 0.426. The summed E-state index contributed by atoms with van der Waals surface area (Å²) in [5, 5.41) is 7.74. The van der Waals surface area contributed by atoms with E-state index in [0.29, 0.717) is 9.90 Å². The summed E-state index contributed by atoms with van der Waals surface area (Å²) in [5.74, 6) is 0.127. The summed E-state index contributed by atoms with van der Waals surface area (Å²) in [5.41, 5.74) is 6.38. The molecule has 1 aromatic carbocycles. The van der Waals surface area contributed by atoms with E-state index in [1.165, 1.54) is 23.1 Å². The van der Waals surface area contributed by atoms with Gasteiger partial charge in [0.25, 0.3) is 11.8 Å². The first kappa shape index (κ1) is 19.5. The van der Waals surface area contributed by atoms with Crippen molar-refractivity contribution in [2.24, 2.45) is 0 Å². The van der Waals surface area contributed by atoms with Gasteiger partial charge >= 0.3 is 0 Å². The predicted octanol–water partition coefficient (Wildman–Crippen LogP) is 3.15. The van der Waals surface area contributed by atoms with Gasteiger partial charge in [0.1, 0.15) is 0 Å². The zero-order valence-electron chi connectivity index (χ0n) is 13.8. The zero-order chi connectivity index (χ0) is 18.2. The minimum atomic E-state index is -0.414. The van der Waals surface area contributed by atoms with Gasteiger partial charge < -0.3 is 0 Å². The summed E-state index contributed by atoms with van der Waals surface area (Å²) >= 11 is 4.31. The number of amides is 2. The molecule has 0 aliphatic rings. The monoisotopic (exact) mass is 394 g/mol. The Hall–Kier alpha value is -1.84. The maximum atomic E-state index is 12.1. The van der Waals surface area contributed by atoms with Crippen LogP contribution < -0.4 is 10.9 Å². The van der Waals surface area contributed by atoms with Gasteiger partial charge in [-0.2, -0.15) is 0 Å². The second kappa shape index (κ2) is 9.59. The average Bonchev–Trinajstić information content (AvgIpc) is 3.05. The number of hydrazine groups is 1. The molecule has 132 valence electrons. The Morgan fingerprint density at radius 2 is 1.88 bits per heavy atom. The van der Waals surface area contributed by atoms with Crippen molar-refractivity contribution in [1.29, 1.82) is 0 Å². The lowest BCUT2D eigenvalue weighted by molar-refractivity contribution is -0.121. The number of nitrogens with zero attached hydrogens (tertiary/aromatic N) is 2. The number of benzene rings is 1. The third-order valence-electron chi connectivity index (χ3n) is 2.81. The first-order valence-corrected chi connectivity index (χ1v) is 10.1. The largest absolute Gasteiger partial charge is 0.272 e. The smallest absolute Gasteiger partial charge is 0.269 e. The van der Waals surface area contributed by atoms with Gasteiger partial charge in [-0.05, 0) is 26.0 Å². The number of carbonyl (C=O) groups excluding carboxylic acids is 2. The molecule has 0 fully saturated rings. The van der Waals surface area contributed by atoms with Crippen molar-refractivity contribution in [1.82, 2.24) is 21.0 Å². The summed E-state index contributed by atoms with van der Waals surface area (Å²) in [7, 11) is 0. The molecule has 0 spiro atoms. The lowest BCUT2D eigenvalue weighted by atomic mass is 10.2. The number of rotatable bonds is 7. The van der Waals surface area contributed by atoms with Crippen LogP contribution in [0.15, 0.2) is 51.2 Å². The van der Waals surface area contributed by atoms with Gasteiger partial charge in [0.2, 0.25) is 0 Å². The van der Waals surface area contributed by atoms with Gasteiger partial charge in [0, 0.05) is 11.3 Å². The number of aromatic nitrogens is 2. The molecule has 1 aromatic heterocycles. The molecule has 1 atom stereocenters. The first-order chi connectivity index (χ1) is 12.0. The fourth-order valence-electron chi connectivity index (χ4n) is 1.57. The highest BCUT2D eigenvalue weighted by atomic mass is 32.2. The molecule has 0 bridgehead atoms. The van der Waals surface area contributed by atoms with Gasteiger partial charge in [-0.15, -0.1) is 10.2 Å². The van der Waals surface area contributed by atoms with Crippen LogP contribution in [0.25, 0.3) is 0 Å². The van der Waals surface area contributed by atoms with Crippen LogP contribution in [-0.2, 0) is 4.79 Å². The van der Waals surface area contributed by atoms with E-state index in [9.17, 15) is 9.59 Å². The summed E-state index contributed by atoms with van der Waals surface area (Å²) in [6.07, 6.45) is 0. The first-order valence-electron chi connectivity index (χ1n) is 7.38. The Balaban J connectivity index is 1.80. The molecule has 1 heterocycles. The Morgan fingerprint density at radius 1 is 1.20 bits per heavy atom. The average molecular weight is 395 g/mol. The number of carbonyl (C=O) groups is 2. The highest BCUT2D eigenvalue weighted by Crippen LogP contribution is 2.31. The number of nitrogens with one attached hydrogen (secondary N) is 2. The Bertz CT molecular complexity index is 749. The van der Waals surface area contributed by atoms with Gasteiger partial charge in [0.15, 0.2) is 8.68 Å². The van der Waals surface area contributed by atoms with Crippen LogP contribution in [0.5, 0.6) is 0 Å². The molecule has 2 amide bonds. The van der Waals surface area contributed by atoms with E-state index in [2.05, 4.69) is 27.6 Å². The van der Waals surface area contributed by atoms with Crippen molar-refractivity contribution in [2.75, 3.05) is 5.75 Å². The molecule has 0 aliphatic heterocycles. The summed E-state index contributed by atoms with van der Waals surface area (Å²) in [6, 6.07) is 8.68. The fourth-order valence-corrected chi connectivity index (χ4v) is 4.58. The molecule has 0 unspecified atom stereocenters. The van der Waals surface area contributed by atoms with Crippen molar-refractivity contribution >= 4 is 46.7 Å². The molecule has 25 heavy (non-hydrogen) atoms. The molecule has 6 nitrogen and oxygen atoms in total. The van der Waals surface area contributed by atoms with Crippen LogP contribution in [0.2, 0.25) is 0 Å². The van der Waals surface area contributed by atoms with Gasteiger partial charge in [0.05, 0.1) is 5.25 Å². The van der Waals surface area contributed by atoms with Crippen molar-refractivity contribution in [3.63, 3.8) is 0 Å². The lowest BCUT2D eigenvalue weighted by Crippen LogP contribution is -2.44. The Kier molecular flexibility index (Phi) is 7.48. The second-order valence-electron chi connectivity index (χ2n) is 5.15. The lowest BCUT2D eigenvalue weighted by Gasteiger charge is -2.11. The molecule has 0 radical (unpaired) electrons. The number of hydrogen-bond acceptors (Lipinski definition) is 7. The Labute approximate surface area is 158 Å². The topological polar surface area (TPSA) is 84.0 Å². The number of thioether (sulfide) groups is 2. The van der Waals surface area contributed by atoms with E-state index in [0.717, 1.165) is 15.7 Å². The molecular formula is C16H18N4O2S3. The van der Waals surface area contributed by atoms with E-state index in [4.69, 9.17) is 0 Å². The molecule has 0 saturated carbocycles. The third kappa shape index (κ3) is 6.52. The highest BCUT2D eigenvalue weighted by Gasteiger charge is 2.18. The minimum absolute atomic E-state index is 0.305. The zero-order valence-corrected chi connectivity index (χ0v) is 16.3.